The molecule has 1 amide bonds. The molecule has 1 fully saturated rings. The third-order valence-electron chi connectivity index (χ3n) is 5.04. The summed E-state index contributed by atoms with van der Waals surface area (Å²) in [5.41, 5.74) is 2.28. The number of nitrogens with one attached hydrogen (secondary N) is 1. The van der Waals surface area contributed by atoms with Crippen LogP contribution in [0, 0.1) is 5.92 Å². The van der Waals surface area contributed by atoms with Crippen molar-refractivity contribution in [2.45, 2.75) is 32.4 Å². The van der Waals surface area contributed by atoms with Crippen LogP contribution in [0.2, 0.25) is 0 Å². The van der Waals surface area contributed by atoms with Crippen molar-refractivity contribution in [1.29, 1.82) is 0 Å². The lowest BCUT2D eigenvalue weighted by atomic mass is 9.93. The van der Waals surface area contributed by atoms with Gasteiger partial charge >= 0.3 is 0 Å². The van der Waals surface area contributed by atoms with E-state index < -0.39 is 0 Å². The minimum absolute atomic E-state index is 0.0660. The van der Waals surface area contributed by atoms with E-state index >= 15 is 0 Å². The monoisotopic (exact) mass is 341 g/mol. The van der Waals surface area contributed by atoms with Crippen molar-refractivity contribution in [2.24, 2.45) is 5.92 Å². The molecular weight excluding hydrogens is 314 g/mol. The summed E-state index contributed by atoms with van der Waals surface area (Å²) < 4.78 is 5.66. The van der Waals surface area contributed by atoms with Gasteiger partial charge < -0.3 is 10.1 Å². The minimum Gasteiger partial charge on any atom is -0.379 e. The van der Waals surface area contributed by atoms with Gasteiger partial charge in [0.05, 0.1) is 31.3 Å². The van der Waals surface area contributed by atoms with Crippen LogP contribution < -0.4 is 5.32 Å². The molecule has 2 unspecified atom stereocenters. The fraction of sp³-hybridized carbons (Fsp3) is 0.500. The van der Waals surface area contributed by atoms with Crippen molar-refractivity contribution in [3.63, 3.8) is 0 Å². The number of amides is 1. The average molecular weight is 341 g/mol. The van der Waals surface area contributed by atoms with Crippen LogP contribution in [-0.2, 0) is 16.0 Å². The second kappa shape index (κ2) is 7.93. The highest BCUT2D eigenvalue weighted by molar-refractivity contribution is 5.82. The van der Waals surface area contributed by atoms with E-state index in [1.165, 1.54) is 10.9 Å². The first-order chi connectivity index (χ1) is 12.0. The molecule has 1 aromatic heterocycles. The molecule has 2 aromatic rings. The number of hydrogen-bond acceptors (Lipinski definition) is 4. The van der Waals surface area contributed by atoms with Crippen LogP contribution in [-0.4, -0.2) is 54.7 Å². The van der Waals surface area contributed by atoms with Gasteiger partial charge in [-0.25, -0.2) is 0 Å². The largest absolute Gasteiger partial charge is 0.379 e. The fourth-order valence-electron chi connectivity index (χ4n) is 3.24. The summed E-state index contributed by atoms with van der Waals surface area (Å²) in [6.07, 6.45) is 2.74. The van der Waals surface area contributed by atoms with E-state index in [2.05, 4.69) is 36.3 Å². The lowest BCUT2D eigenvalue weighted by molar-refractivity contribution is -0.123. The van der Waals surface area contributed by atoms with Gasteiger partial charge in [-0.1, -0.05) is 18.2 Å². The van der Waals surface area contributed by atoms with Gasteiger partial charge in [-0.15, -0.1) is 0 Å². The zero-order chi connectivity index (χ0) is 17.8. The lowest BCUT2D eigenvalue weighted by Crippen LogP contribution is -2.45. The molecule has 1 aliphatic rings. The third-order valence-corrected chi connectivity index (χ3v) is 5.04. The zero-order valence-corrected chi connectivity index (χ0v) is 15.2. The number of fused-ring (bicyclic) bond motifs is 1. The molecule has 0 bridgehead atoms. The molecule has 1 aromatic carbocycles. The first-order valence-corrected chi connectivity index (χ1v) is 8.94. The first-order valence-electron chi connectivity index (χ1n) is 8.94. The van der Waals surface area contributed by atoms with Crippen molar-refractivity contribution >= 4 is 16.8 Å². The van der Waals surface area contributed by atoms with Gasteiger partial charge in [-0.2, -0.15) is 0 Å². The second-order valence-corrected chi connectivity index (χ2v) is 7.17. The Hall–Kier alpha value is -1.98. The van der Waals surface area contributed by atoms with E-state index in [1.54, 1.807) is 0 Å². The van der Waals surface area contributed by atoms with Gasteiger partial charge in [-0.05, 0) is 45.0 Å². The van der Waals surface area contributed by atoms with Gasteiger partial charge in [0.1, 0.15) is 0 Å². The highest BCUT2D eigenvalue weighted by atomic mass is 16.5. The quantitative estimate of drug-likeness (QED) is 0.876. The van der Waals surface area contributed by atoms with Crippen LogP contribution >= 0.6 is 0 Å². The predicted molar refractivity (Wildman–Crippen MR) is 99.5 cm³/mol. The van der Waals surface area contributed by atoms with Crippen LogP contribution in [0.15, 0.2) is 36.5 Å². The van der Waals surface area contributed by atoms with Crippen LogP contribution in [0.4, 0.5) is 0 Å². The summed E-state index contributed by atoms with van der Waals surface area (Å²) in [4.78, 5) is 18.8. The molecule has 3 rings (SSSR count). The predicted octanol–water partition coefficient (Wildman–Crippen LogP) is 2.25. The molecule has 2 atom stereocenters. The Morgan fingerprint density at radius 1 is 1.32 bits per heavy atom. The van der Waals surface area contributed by atoms with Crippen LogP contribution in [0.5, 0.6) is 0 Å². The molecule has 0 saturated carbocycles. The number of benzene rings is 1. The standard InChI is InChI=1S/C20H27N3O2/c1-14(2)23(3)11-20(24)22-19-13-25-12-16(19)10-15-8-9-21-18-7-5-4-6-17(15)18/h4-9,14,16,19H,10-13H2,1-3H3,(H,22,24). The molecular formula is C20H27N3O2. The van der Waals surface area contributed by atoms with E-state index in [-0.39, 0.29) is 11.9 Å². The molecule has 0 aliphatic carbocycles. The number of para-hydroxylation sites is 1. The Balaban J connectivity index is 1.66. The Kier molecular flexibility index (Phi) is 5.66. The maximum atomic E-state index is 12.3. The maximum Gasteiger partial charge on any atom is 0.234 e. The molecule has 1 aliphatic heterocycles. The maximum absolute atomic E-state index is 12.3. The topological polar surface area (TPSA) is 54.5 Å². The van der Waals surface area contributed by atoms with E-state index in [1.807, 2.05) is 36.3 Å². The average Bonchev–Trinajstić information content (AvgIpc) is 3.01. The number of rotatable bonds is 6. The van der Waals surface area contributed by atoms with E-state index in [9.17, 15) is 4.79 Å². The van der Waals surface area contributed by atoms with Gasteiger partial charge in [-0.3, -0.25) is 14.7 Å². The number of nitrogens with zero attached hydrogens (tertiary/aromatic N) is 2. The number of carbonyl (C=O) groups is 1. The molecule has 1 saturated heterocycles. The molecule has 5 nitrogen and oxygen atoms in total. The van der Waals surface area contributed by atoms with Gasteiger partial charge in [0.25, 0.3) is 0 Å². The number of likely N-dealkylation sites (N-methyl/N-ethyl adjacent to an activating group) is 1. The molecule has 1 N–H and O–H groups in total. The Morgan fingerprint density at radius 2 is 2.12 bits per heavy atom. The van der Waals surface area contributed by atoms with E-state index in [4.69, 9.17) is 4.74 Å². The zero-order valence-electron chi connectivity index (χ0n) is 15.2. The molecule has 134 valence electrons. The van der Waals surface area contributed by atoms with Gasteiger partial charge in [0.2, 0.25) is 5.91 Å². The lowest BCUT2D eigenvalue weighted by Gasteiger charge is -2.24. The highest BCUT2D eigenvalue weighted by Gasteiger charge is 2.30. The van der Waals surface area contributed by atoms with E-state index in [0.717, 1.165) is 11.9 Å². The van der Waals surface area contributed by atoms with Crippen molar-refractivity contribution < 1.29 is 9.53 Å². The van der Waals surface area contributed by atoms with Crippen LogP contribution in [0.1, 0.15) is 19.4 Å². The van der Waals surface area contributed by atoms with Crippen molar-refractivity contribution in [3.8, 4) is 0 Å². The SMILES string of the molecule is CC(C)N(C)CC(=O)NC1COCC1Cc1ccnc2ccccc12. The number of ether oxygens (including phenoxy) is 1. The Bertz CT molecular complexity index is 726. The summed E-state index contributed by atoms with van der Waals surface area (Å²) >= 11 is 0. The molecule has 5 heteroatoms. The normalized spacial score (nSPS) is 20.5. The van der Waals surface area contributed by atoms with Crippen molar-refractivity contribution in [1.82, 2.24) is 15.2 Å². The smallest absolute Gasteiger partial charge is 0.234 e. The summed E-state index contributed by atoms with van der Waals surface area (Å²) in [5.74, 6) is 0.357. The number of carbonyl (C=O) groups excluding carboxylic acids is 1. The molecule has 0 radical (unpaired) electrons. The Labute approximate surface area is 149 Å². The summed E-state index contributed by atoms with van der Waals surface area (Å²) in [6, 6.07) is 10.7. The summed E-state index contributed by atoms with van der Waals surface area (Å²) in [6.45, 7) is 5.86. The van der Waals surface area contributed by atoms with Gasteiger partial charge in [0.15, 0.2) is 0 Å². The van der Waals surface area contributed by atoms with Gasteiger partial charge in [0, 0.05) is 23.5 Å². The molecule has 25 heavy (non-hydrogen) atoms. The molecule has 2 heterocycles. The minimum atomic E-state index is 0.0660. The van der Waals surface area contributed by atoms with Crippen molar-refractivity contribution in [3.05, 3.63) is 42.1 Å². The summed E-state index contributed by atoms with van der Waals surface area (Å²) in [5, 5.41) is 4.34. The van der Waals surface area contributed by atoms with E-state index in [0.29, 0.717) is 31.7 Å². The molecule has 0 spiro atoms. The van der Waals surface area contributed by atoms with Crippen molar-refractivity contribution in [2.75, 3.05) is 26.8 Å². The number of pyridine rings is 1. The number of hydrogen-bond donors (Lipinski definition) is 1. The Morgan fingerprint density at radius 3 is 2.92 bits per heavy atom. The second-order valence-electron chi connectivity index (χ2n) is 7.17. The summed E-state index contributed by atoms with van der Waals surface area (Å²) in [7, 11) is 1.97. The highest BCUT2D eigenvalue weighted by Crippen LogP contribution is 2.24. The fourth-order valence-corrected chi connectivity index (χ4v) is 3.24. The third kappa shape index (κ3) is 4.35. The van der Waals surface area contributed by atoms with Crippen LogP contribution in [0.3, 0.4) is 0 Å². The first kappa shape index (κ1) is 17.8. The number of aromatic nitrogens is 1. The van der Waals surface area contributed by atoms with Crippen LogP contribution in [0.25, 0.3) is 10.9 Å².